The second-order valence-electron chi connectivity index (χ2n) is 14.3. The van der Waals surface area contributed by atoms with Crippen LogP contribution in [0.4, 0.5) is 0 Å². The fourth-order valence-electron chi connectivity index (χ4n) is 7.42. The number of hydroxylamine groups is 3. The minimum absolute atomic E-state index is 0. The van der Waals surface area contributed by atoms with Gasteiger partial charge in [0.05, 0.1) is 25.0 Å². The molecule has 8 rings (SSSR count). The van der Waals surface area contributed by atoms with E-state index in [0.717, 1.165) is 5.06 Å². The van der Waals surface area contributed by atoms with Gasteiger partial charge in [-0.25, -0.2) is 35.3 Å². The van der Waals surface area contributed by atoms with Gasteiger partial charge in [0.2, 0.25) is 0 Å². The van der Waals surface area contributed by atoms with Crippen LogP contribution in [0, 0.1) is 0 Å². The van der Waals surface area contributed by atoms with E-state index in [1.54, 1.807) is 68.6 Å². The largest absolute Gasteiger partial charge is 0.479 e. The van der Waals surface area contributed by atoms with Crippen molar-refractivity contribution >= 4 is 69.6 Å². The molecular formula is C34H45Cl3N8O11. The van der Waals surface area contributed by atoms with Gasteiger partial charge in [0.15, 0.2) is 36.2 Å². The molecule has 56 heavy (non-hydrogen) atoms. The highest BCUT2D eigenvalue weighted by atomic mass is 35.5. The average molecular weight is 848 g/mol. The van der Waals surface area contributed by atoms with E-state index in [9.17, 15) is 14.7 Å². The summed E-state index contributed by atoms with van der Waals surface area (Å²) in [6.07, 6.45) is 1.66. The minimum Gasteiger partial charge on any atom is -0.479 e. The van der Waals surface area contributed by atoms with Crippen LogP contribution in [-0.4, -0.2) is 127 Å². The summed E-state index contributed by atoms with van der Waals surface area (Å²) in [4.78, 5) is 50.3. The number of fused-ring (bicyclic) bond motifs is 4. The van der Waals surface area contributed by atoms with E-state index < -0.39 is 65.6 Å². The fourth-order valence-corrected chi connectivity index (χ4v) is 7.81. The van der Waals surface area contributed by atoms with Crippen LogP contribution in [0.1, 0.15) is 54.0 Å². The van der Waals surface area contributed by atoms with Gasteiger partial charge in [-0.3, -0.25) is 9.63 Å². The highest BCUT2D eigenvalue weighted by Gasteiger charge is 2.68. The smallest absolute Gasteiger partial charge is 0.336 e. The van der Waals surface area contributed by atoms with Crippen molar-refractivity contribution in [2.24, 2.45) is 0 Å². The van der Waals surface area contributed by atoms with Crippen LogP contribution in [0.25, 0.3) is 22.1 Å². The second kappa shape index (κ2) is 16.1. The first-order valence-electron chi connectivity index (χ1n) is 17.1. The molecule has 0 bridgehead atoms. The molecule has 0 radical (unpaired) electrons. The van der Waals surface area contributed by atoms with Crippen molar-refractivity contribution in [3.63, 3.8) is 0 Å². The SMILES string of the molecule is CC1(C)O[C@H]2[C@H](n3ccc4c(Cl)ncnc43)O[C@H](C(=O)O)[C@@]2(C)O1.CNOC.CON(C)C(=O)[C@H]1O[C@@H](n2ccc3c(Cl)ncnc32)[C@@H]2OC(C)(C)O[C@]12C.Cl. The normalized spacial score (nSPS) is 30.8. The summed E-state index contributed by atoms with van der Waals surface area (Å²) in [7, 11) is 6.22. The zero-order chi connectivity index (χ0) is 40.2. The maximum absolute atomic E-state index is 12.9. The van der Waals surface area contributed by atoms with E-state index in [4.69, 9.17) is 56.5 Å². The number of rotatable bonds is 6. The van der Waals surface area contributed by atoms with E-state index in [1.807, 2.05) is 20.8 Å². The molecule has 0 unspecified atom stereocenters. The van der Waals surface area contributed by atoms with Crippen molar-refractivity contribution in [2.75, 3.05) is 28.3 Å². The summed E-state index contributed by atoms with van der Waals surface area (Å²) >= 11 is 12.2. The predicted molar refractivity (Wildman–Crippen MR) is 201 cm³/mol. The van der Waals surface area contributed by atoms with E-state index >= 15 is 0 Å². The minimum atomic E-state index is -1.16. The van der Waals surface area contributed by atoms with Crippen LogP contribution in [0.2, 0.25) is 10.3 Å². The number of amides is 1. The van der Waals surface area contributed by atoms with Crippen molar-refractivity contribution in [1.82, 2.24) is 39.6 Å². The maximum atomic E-state index is 12.9. The van der Waals surface area contributed by atoms with Gasteiger partial charge in [0.1, 0.15) is 57.7 Å². The molecule has 4 aliphatic heterocycles. The van der Waals surface area contributed by atoms with Crippen LogP contribution in [0.15, 0.2) is 37.2 Å². The van der Waals surface area contributed by atoms with E-state index in [0.29, 0.717) is 32.4 Å². The molecule has 0 saturated carbocycles. The number of likely N-dealkylation sites (N-methyl/N-ethyl adjacent to an activating group) is 1. The first-order valence-corrected chi connectivity index (χ1v) is 17.8. The molecule has 8 heterocycles. The molecule has 0 aromatic carbocycles. The molecule has 0 aliphatic carbocycles. The van der Waals surface area contributed by atoms with Crippen LogP contribution >= 0.6 is 35.6 Å². The summed E-state index contributed by atoms with van der Waals surface area (Å²) in [5.41, 5.74) is 1.43. The van der Waals surface area contributed by atoms with Crippen molar-refractivity contribution in [3.8, 4) is 0 Å². The van der Waals surface area contributed by atoms with Gasteiger partial charge in [-0.2, -0.15) is 0 Å². The van der Waals surface area contributed by atoms with Crippen molar-refractivity contribution in [3.05, 3.63) is 47.5 Å². The molecule has 19 nitrogen and oxygen atoms in total. The van der Waals surface area contributed by atoms with Gasteiger partial charge in [0.25, 0.3) is 5.91 Å². The van der Waals surface area contributed by atoms with E-state index in [-0.39, 0.29) is 18.3 Å². The first-order chi connectivity index (χ1) is 25.8. The molecule has 308 valence electrons. The number of ether oxygens (including phenoxy) is 6. The van der Waals surface area contributed by atoms with E-state index in [1.165, 1.54) is 26.8 Å². The predicted octanol–water partition coefficient (Wildman–Crippen LogP) is 4.08. The Hall–Kier alpha value is -3.31. The molecule has 0 spiro atoms. The summed E-state index contributed by atoms with van der Waals surface area (Å²) in [6.45, 7) is 10.6. The van der Waals surface area contributed by atoms with E-state index in [2.05, 4.69) is 30.3 Å². The topological polar surface area (TPSA) is 205 Å². The Kier molecular flexibility index (Phi) is 12.6. The van der Waals surface area contributed by atoms with Gasteiger partial charge in [0, 0.05) is 26.5 Å². The van der Waals surface area contributed by atoms with Crippen LogP contribution in [-0.2, 0) is 47.7 Å². The van der Waals surface area contributed by atoms with Gasteiger partial charge in [-0.15, -0.1) is 12.4 Å². The average Bonchev–Trinajstić information content (AvgIpc) is 3.94. The molecule has 4 saturated heterocycles. The van der Waals surface area contributed by atoms with Gasteiger partial charge < -0.3 is 47.5 Å². The Morgan fingerprint density at radius 1 is 0.804 bits per heavy atom. The number of nitrogens with zero attached hydrogens (tertiary/aromatic N) is 7. The number of hydrogen-bond donors (Lipinski definition) is 2. The Labute approximate surface area is 338 Å². The number of aliphatic carboxylic acids is 1. The Morgan fingerprint density at radius 3 is 1.61 bits per heavy atom. The Morgan fingerprint density at radius 2 is 1.21 bits per heavy atom. The number of carbonyl (C=O) groups is 2. The second-order valence-corrected chi connectivity index (χ2v) is 15.0. The molecule has 22 heteroatoms. The number of hydrogen-bond acceptors (Lipinski definition) is 15. The lowest BCUT2D eigenvalue weighted by atomic mass is 9.94. The number of carboxylic acid groups (broad SMARTS) is 1. The third-order valence-corrected chi connectivity index (χ3v) is 10.3. The van der Waals surface area contributed by atoms with Crippen LogP contribution < -0.4 is 5.48 Å². The molecule has 1 amide bonds. The van der Waals surface area contributed by atoms with Crippen molar-refractivity contribution in [2.45, 2.75) is 101 Å². The molecule has 8 atom stereocenters. The molecule has 4 aromatic heterocycles. The molecule has 4 aromatic rings. The summed E-state index contributed by atoms with van der Waals surface area (Å²) in [6, 6.07) is 3.56. The number of nitrogens with one attached hydrogen (secondary N) is 1. The first kappa shape index (κ1) is 43.8. The van der Waals surface area contributed by atoms with Crippen molar-refractivity contribution in [1.29, 1.82) is 0 Å². The third-order valence-electron chi connectivity index (χ3n) is 9.70. The summed E-state index contributed by atoms with van der Waals surface area (Å²) in [5.74, 6) is -3.25. The van der Waals surface area contributed by atoms with Gasteiger partial charge in [-0.05, 0) is 53.7 Å². The number of carbonyl (C=O) groups excluding carboxylic acids is 1. The van der Waals surface area contributed by atoms with Gasteiger partial charge >= 0.3 is 5.97 Å². The number of carboxylic acids is 1. The standard InChI is InChI=1S/C17H21ClN4O5.C15H16ClN3O5.C2H7NO.ClH/c1-16(2)26-11-15(22-7-6-9-12(18)19-8-20-13(9)22)25-10(17(11,3)27-16)14(23)21(4)24-5;1-14(2)23-8-12(22-9(13(20)21)15(8,3)24-14)19-5-4-7-10(16)17-6-18-11(7)19;1-3-4-2;/h6-8,10-11,15H,1-5H3;4-6,8-9,12H,1-3H3,(H,20,21);3H,1-2H3;1H/t10-,11+,15-,17-;8-,9+,12+,15-;;/m10../s1. The maximum Gasteiger partial charge on any atom is 0.336 e. The monoisotopic (exact) mass is 846 g/mol. The van der Waals surface area contributed by atoms with Crippen LogP contribution in [0.3, 0.4) is 0 Å². The number of aromatic nitrogens is 6. The molecular weight excluding hydrogens is 803 g/mol. The molecule has 4 aliphatic rings. The highest BCUT2D eigenvalue weighted by molar-refractivity contribution is 6.34. The highest BCUT2D eigenvalue weighted by Crippen LogP contribution is 2.52. The number of halogens is 3. The zero-order valence-corrected chi connectivity index (χ0v) is 34.6. The lowest BCUT2D eigenvalue weighted by Gasteiger charge is -2.30. The van der Waals surface area contributed by atoms with Crippen LogP contribution in [0.5, 0.6) is 0 Å². The van der Waals surface area contributed by atoms with Crippen molar-refractivity contribution < 1.29 is 52.8 Å². The van der Waals surface area contributed by atoms with Gasteiger partial charge in [-0.1, -0.05) is 23.2 Å². The lowest BCUT2D eigenvalue weighted by Crippen LogP contribution is -2.51. The molecule has 2 N–H and O–H groups in total. The zero-order valence-electron chi connectivity index (χ0n) is 32.3. The fraction of sp³-hybridized carbons (Fsp3) is 0.588. The lowest BCUT2D eigenvalue weighted by molar-refractivity contribution is -0.223. The molecule has 4 fully saturated rings. The third kappa shape index (κ3) is 7.68. The summed E-state index contributed by atoms with van der Waals surface area (Å²) < 4.78 is 39.5. The quantitative estimate of drug-likeness (QED) is 0.207. The Balaban J connectivity index is 0.000000194. The Bertz CT molecular complexity index is 2070. The summed E-state index contributed by atoms with van der Waals surface area (Å²) in [5, 5.41) is 12.7.